The van der Waals surface area contributed by atoms with Gasteiger partial charge in [-0.1, -0.05) is 13.3 Å². The van der Waals surface area contributed by atoms with Crippen molar-refractivity contribution in [3.63, 3.8) is 0 Å². The standard InChI is InChI=1S/C10H19NO2/c1-3-5-8(2)13-10(12)9-6-4-7-11-9/h8-9,11H,3-7H2,1-2H3. The molecule has 0 amide bonds. The summed E-state index contributed by atoms with van der Waals surface area (Å²) in [5.41, 5.74) is 0. The number of esters is 1. The second-order valence-electron chi connectivity index (χ2n) is 3.69. The first-order valence-corrected chi connectivity index (χ1v) is 5.18. The zero-order valence-electron chi connectivity index (χ0n) is 8.51. The van der Waals surface area contributed by atoms with Crippen molar-refractivity contribution in [3.8, 4) is 0 Å². The lowest BCUT2D eigenvalue weighted by Crippen LogP contribution is -2.34. The van der Waals surface area contributed by atoms with Crippen LogP contribution in [0.2, 0.25) is 0 Å². The molecule has 1 aliphatic heterocycles. The smallest absolute Gasteiger partial charge is 0.323 e. The Morgan fingerprint density at radius 2 is 2.46 bits per heavy atom. The fraction of sp³-hybridized carbons (Fsp3) is 0.900. The highest BCUT2D eigenvalue weighted by atomic mass is 16.5. The van der Waals surface area contributed by atoms with Gasteiger partial charge in [-0.3, -0.25) is 4.79 Å². The van der Waals surface area contributed by atoms with Crippen LogP contribution in [0.5, 0.6) is 0 Å². The molecule has 2 unspecified atom stereocenters. The minimum Gasteiger partial charge on any atom is -0.462 e. The molecular formula is C10H19NO2. The minimum atomic E-state index is -0.0709. The molecule has 0 bridgehead atoms. The number of hydrogen-bond donors (Lipinski definition) is 1. The third-order valence-electron chi connectivity index (χ3n) is 2.36. The van der Waals surface area contributed by atoms with Crippen LogP contribution >= 0.6 is 0 Å². The molecule has 0 aliphatic carbocycles. The van der Waals surface area contributed by atoms with Crippen molar-refractivity contribution in [1.82, 2.24) is 5.32 Å². The van der Waals surface area contributed by atoms with Gasteiger partial charge < -0.3 is 10.1 Å². The molecule has 0 saturated carbocycles. The first-order valence-electron chi connectivity index (χ1n) is 5.18. The molecule has 3 heteroatoms. The van der Waals surface area contributed by atoms with Gasteiger partial charge in [-0.05, 0) is 32.7 Å². The molecule has 1 saturated heterocycles. The van der Waals surface area contributed by atoms with E-state index in [-0.39, 0.29) is 18.1 Å². The van der Waals surface area contributed by atoms with Gasteiger partial charge in [0.1, 0.15) is 6.04 Å². The van der Waals surface area contributed by atoms with Crippen LogP contribution in [0.25, 0.3) is 0 Å². The van der Waals surface area contributed by atoms with Crippen molar-refractivity contribution in [1.29, 1.82) is 0 Å². The van der Waals surface area contributed by atoms with E-state index in [1.54, 1.807) is 0 Å². The van der Waals surface area contributed by atoms with E-state index in [1.807, 2.05) is 6.92 Å². The molecule has 13 heavy (non-hydrogen) atoms. The summed E-state index contributed by atoms with van der Waals surface area (Å²) in [4.78, 5) is 11.4. The Morgan fingerprint density at radius 3 is 3.00 bits per heavy atom. The number of ether oxygens (including phenoxy) is 1. The molecule has 1 aliphatic rings. The topological polar surface area (TPSA) is 38.3 Å². The number of nitrogens with one attached hydrogen (secondary N) is 1. The number of carbonyl (C=O) groups excluding carboxylic acids is 1. The summed E-state index contributed by atoms with van der Waals surface area (Å²) in [5, 5.41) is 3.13. The molecule has 0 aromatic carbocycles. The summed E-state index contributed by atoms with van der Waals surface area (Å²) >= 11 is 0. The highest BCUT2D eigenvalue weighted by Crippen LogP contribution is 2.09. The third kappa shape index (κ3) is 3.35. The Labute approximate surface area is 79.8 Å². The van der Waals surface area contributed by atoms with E-state index in [2.05, 4.69) is 12.2 Å². The number of carbonyl (C=O) groups is 1. The summed E-state index contributed by atoms with van der Waals surface area (Å²) in [6, 6.07) is -0.0423. The second kappa shape index (κ2) is 5.22. The van der Waals surface area contributed by atoms with Gasteiger partial charge in [-0.2, -0.15) is 0 Å². The van der Waals surface area contributed by atoms with Gasteiger partial charge in [0.15, 0.2) is 0 Å². The summed E-state index contributed by atoms with van der Waals surface area (Å²) in [7, 11) is 0. The van der Waals surface area contributed by atoms with Crippen LogP contribution in [-0.4, -0.2) is 24.7 Å². The Morgan fingerprint density at radius 1 is 1.69 bits per heavy atom. The van der Waals surface area contributed by atoms with Gasteiger partial charge in [0, 0.05) is 0 Å². The van der Waals surface area contributed by atoms with E-state index in [4.69, 9.17) is 4.74 Å². The Balaban J connectivity index is 2.23. The molecule has 1 fully saturated rings. The average Bonchev–Trinajstić information content (AvgIpc) is 2.55. The maximum absolute atomic E-state index is 11.4. The van der Waals surface area contributed by atoms with Crippen LogP contribution < -0.4 is 5.32 Å². The SMILES string of the molecule is CCCC(C)OC(=O)C1CCCN1. The molecule has 76 valence electrons. The minimum absolute atomic E-state index is 0.0423. The monoisotopic (exact) mass is 185 g/mol. The molecule has 0 spiro atoms. The second-order valence-corrected chi connectivity index (χ2v) is 3.69. The number of rotatable bonds is 4. The predicted octanol–water partition coefficient (Wildman–Crippen LogP) is 1.47. The molecular weight excluding hydrogens is 166 g/mol. The fourth-order valence-electron chi connectivity index (χ4n) is 1.63. The fourth-order valence-corrected chi connectivity index (χ4v) is 1.63. The highest BCUT2D eigenvalue weighted by Gasteiger charge is 2.24. The van der Waals surface area contributed by atoms with Crippen molar-refractivity contribution in [2.45, 2.75) is 51.7 Å². The van der Waals surface area contributed by atoms with E-state index >= 15 is 0 Å². The lowest BCUT2D eigenvalue weighted by Gasteiger charge is -2.15. The van der Waals surface area contributed by atoms with Crippen LogP contribution in [0.3, 0.4) is 0 Å². The van der Waals surface area contributed by atoms with E-state index < -0.39 is 0 Å². The largest absolute Gasteiger partial charge is 0.462 e. The van der Waals surface area contributed by atoms with Crippen molar-refractivity contribution in [3.05, 3.63) is 0 Å². The third-order valence-corrected chi connectivity index (χ3v) is 2.36. The molecule has 1 N–H and O–H groups in total. The maximum atomic E-state index is 11.4. The van der Waals surface area contributed by atoms with E-state index in [1.165, 1.54) is 0 Å². The van der Waals surface area contributed by atoms with Crippen molar-refractivity contribution in [2.24, 2.45) is 0 Å². The zero-order valence-corrected chi connectivity index (χ0v) is 8.51. The van der Waals surface area contributed by atoms with Gasteiger partial charge in [0.25, 0.3) is 0 Å². The first kappa shape index (κ1) is 10.5. The lowest BCUT2D eigenvalue weighted by molar-refractivity contribution is -0.150. The van der Waals surface area contributed by atoms with Crippen LogP contribution in [0.1, 0.15) is 39.5 Å². The van der Waals surface area contributed by atoms with E-state index in [0.29, 0.717) is 0 Å². The summed E-state index contributed by atoms with van der Waals surface area (Å²) in [6.45, 7) is 5.00. The zero-order chi connectivity index (χ0) is 9.68. The summed E-state index contributed by atoms with van der Waals surface area (Å²) in [6.07, 6.45) is 4.10. The van der Waals surface area contributed by atoms with Crippen LogP contribution in [0, 0.1) is 0 Å². The summed E-state index contributed by atoms with van der Waals surface area (Å²) < 4.78 is 5.27. The van der Waals surface area contributed by atoms with Crippen molar-refractivity contribution in [2.75, 3.05) is 6.54 Å². The normalized spacial score (nSPS) is 24.3. The van der Waals surface area contributed by atoms with E-state index in [0.717, 1.165) is 32.2 Å². The van der Waals surface area contributed by atoms with Gasteiger partial charge in [-0.15, -0.1) is 0 Å². The van der Waals surface area contributed by atoms with Gasteiger partial charge in [0.2, 0.25) is 0 Å². The quantitative estimate of drug-likeness (QED) is 0.674. The van der Waals surface area contributed by atoms with Crippen molar-refractivity contribution >= 4 is 5.97 Å². The van der Waals surface area contributed by atoms with E-state index in [9.17, 15) is 4.79 Å². The Kier molecular flexibility index (Phi) is 4.22. The number of hydrogen-bond acceptors (Lipinski definition) is 3. The van der Waals surface area contributed by atoms with Gasteiger partial charge >= 0.3 is 5.97 Å². The summed E-state index contributed by atoms with van der Waals surface area (Å²) in [5.74, 6) is -0.0709. The average molecular weight is 185 g/mol. The van der Waals surface area contributed by atoms with Crippen LogP contribution in [0.4, 0.5) is 0 Å². The van der Waals surface area contributed by atoms with Crippen LogP contribution in [-0.2, 0) is 9.53 Å². The van der Waals surface area contributed by atoms with Crippen molar-refractivity contribution < 1.29 is 9.53 Å². The highest BCUT2D eigenvalue weighted by molar-refractivity contribution is 5.76. The first-order chi connectivity index (χ1) is 6.24. The maximum Gasteiger partial charge on any atom is 0.323 e. The molecule has 0 radical (unpaired) electrons. The predicted molar refractivity (Wildman–Crippen MR) is 51.5 cm³/mol. The molecule has 2 atom stereocenters. The molecule has 1 heterocycles. The van der Waals surface area contributed by atoms with Gasteiger partial charge in [0.05, 0.1) is 6.10 Å². The molecule has 0 aromatic rings. The molecule has 0 aromatic heterocycles. The van der Waals surface area contributed by atoms with Gasteiger partial charge in [-0.25, -0.2) is 0 Å². The Hall–Kier alpha value is -0.570. The molecule has 3 nitrogen and oxygen atoms in total. The Bertz CT molecular complexity index is 164. The molecule has 1 rings (SSSR count). The lowest BCUT2D eigenvalue weighted by atomic mass is 10.2. The van der Waals surface area contributed by atoms with Crippen LogP contribution in [0.15, 0.2) is 0 Å².